The summed E-state index contributed by atoms with van der Waals surface area (Å²) in [4.78, 5) is 2.26. The summed E-state index contributed by atoms with van der Waals surface area (Å²) in [6.07, 6.45) is 0.0495. The van der Waals surface area contributed by atoms with Gasteiger partial charge in [0.25, 0.3) is 0 Å². The first-order valence-electron chi connectivity index (χ1n) is 7.86. The summed E-state index contributed by atoms with van der Waals surface area (Å²) in [5.41, 5.74) is 2.53. The molecule has 23 heavy (non-hydrogen) atoms. The van der Waals surface area contributed by atoms with E-state index in [9.17, 15) is 0 Å². The zero-order valence-electron chi connectivity index (χ0n) is 13.9. The molecule has 0 saturated heterocycles. The van der Waals surface area contributed by atoms with Crippen LogP contribution in [-0.4, -0.2) is 38.3 Å². The van der Waals surface area contributed by atoms with Gasteiger partial charge in [-0.15, -0.1) is 0 Å². The summed E-state index contributed by atoms with van der Waals surface area (Å²) in [5, 5.41) is 0. The molecule has 1 aliphatic heterocycles. The molecule has 0 bridgehead atoms. The average molecular weight is 313 g/mol. The summed E-state index contributed by atoms with van der Waals surface area (Å²) in [5.74, 6) is 2.56. The molecular weight excluding hydrogens is 290 g/mol. The second-order valence-electron chi connectivity index (χ2n) is 5.99. The van der Waals surface area contributed by atoms with Crippen LogP contribution in [0.15, 0.2) is 42.5 Å². The van der Waals surface area contributed by atoms with Gasteiger partial charge in [0, 0.05) is 13.1 Å². The van der Waals surface area contributed by atoms with Crippen molar-refractivity contribution in [2.24, 2.45) is 0 Å². The van der Waals surface area contributed by atoms with Gasteiger partial charge in [-0.25, -0.2) is 0 Å². The van der Waals surface area contributed by atoms with Gasteiger partial charge in [-0.05, 0) is 49.4 Å². The highest BCUT2D eigenvalue weighted by Crippen LogP contribution is 2.31. The number of methoxy groups -OCH3 is 1. The Bertz CT molecular complexity index is 671. The SMILES string of the molecule is COc1ccc(CN(C)CC2COc3ccccc3O2)c(C)c1. The van der Waals surface area contributed by atoms with Gasteiger partial charge in [-0.2, -0.15) is 0 Å². The van der Waals surface area contributed by atoms with Crippen LogP contribution in [-0.2, 0) is 6.54 Å². The lowest BCUT2D eigenvalue weighted by atomic mass is 10.1. The van der Waals surface area contributed by atoms with Crippen molar-refractivity contribution in [1.29, 1.82) is 0 Å². The number of para-hydroxylation sites is 2. The number of nitrogens with zero attached hydrogens (tertiary/aromatic N) is 1. The van der Waals surface area contributed by atoms with Crippen LogP contribution < -0.4 is 14.2 Å². The lowest BCUT2D eigenvalue weighted by molar-refractivity contribution is 0.0637. The highest BCUT2D eigenvalue weighted by atomic mass is 16.6. The molecule has 1 unspecified atom stereocenters. The fourth-order valence-corrected chi connectivity index (χ4v) is 2.83. The van der Waals surface area contributed by atoms with Crippen molar-refractivity contribution in [3.05, 3.63) is 53.6 Å². The number of likely N-dealkylation sites (N-methyl/N-ethyl adjacent to an activating group) is 1. The van der Waals surface area contributed by atoms with E-state index in [1.807, 2.05) is 30.3 Å². The fraction of sp³-hybridized carbons (Fsp3) is 0.368. The number of rotatable bonds is 5. The summed E-state index contributed by atoms with van der Waals surface area (Å²) < 4.78 is 17.1. The van der Waals surface area contributed by atoms with Gasteiger partial charge >= 0.3 is 0 Å². The fourth-order valence-electron chi connectivity index (χ4n) is 2.83. The molecule has 0 aromatic heterocycles. The van der Waals surface area contributed by atoms with E-state index in [0.717, 1.165) is 30.3 Å². The summed E-state index contributed by atoms with van der Waals surface area (Å²) in [6, 6.07) is 14.0. The van der Waals surface area contributed by atoms with Crippen molar-refractivity contribution in [1.82, 2.24) is 4.90 Å². The smallest absolute Gasteiger partial charge is 0.161 e. The first-order valence-corrected chi connectivity index (χ1v) is 7.86. The molecule has 0 N–H and O–H groups in total. The Labute approximate surface area is 137 Å². The molecule has 0 saturated carbocycles. The quantitative estimate of drug-likeness (QED) is 0.848. The minimum absolute atomic E-state index is 0.0495. The standard InChI is InChI=1S/C19H23NO3/c1-14-10-16(21-3)9-8-15(14)11-20(2)12-17-13-22-18-6-4-5-7-19(18)23-17/h4-10,17H,11-13H2,1-3H3. The van der Waals surface area contributed by atoms with E-state index in [0.29, 0.717) is 6.61 Å². The first kappa shape index (κ1) is 15.7. The molecule has 0 radical (unpaired) electrons. The monoisotopic (exact) mass is 313 g/mol. The van der Waals surface area contributed by atoms with Crippen LogP contribution in [0.1, 0.15) is 11.1 Å². The van der Waals surface area contributed by atoms with E-state index >= 15 is 0 Å². The number of aryl methyl sites for hydroxylation is 1. The number of hydrogen-bond acceptors (Lipinski definition) is 4. The molecule has 0 fully saturated rings. The number of fused-ring (bicyclic) bond motifs is 1. The lowest BCUT2D eigenvalue weighted by Gasteiger charge is -2.29. The Morgan fingerprint density at radius 1 is 1.17 bits per heavy atom. The minimum atomic E-state index is 0.0495. The van der Waals surface area contributed by atoms with Crippen molar-refractivity contribution in [2.45, 2.75) is 19.6 Å². The Balaban J connectivity index is 1.59. The minimum Gasteiger partial charge on any atom is -0.497 e. The lowest BCUT2D eigenvalue weighted by Crippen LogP contribution is -2.39. The van der Waals surface area contributed by atoms with E-state index in [1.165, 1.54) is 11.1 Å². The summed E-state index contributed by atoms with van der Waals surface area (Å²) in [7, 11) is 3.80. The molecule has 1 heterocycles. The van der Waals surface area contributed by atoms with Gasteiger partial charge < -0.3 is 14.2 Å². The molecule has 122 valence electrons. The average Bonchev–Trinajstić information content (AvgIpc) is 2.56. The van der Waals surface area contributed by atoms with Crippen LogP contribution >= 0.6 is 0 Å². The zero-order valence-corrected chi connectivity index (χ0v) is 13.9. The predicted molar refractivity (Wildman–Crippen MR) is 90.4 cm³/mol. The molecule has 0 spiro atoms. The van der Waals surface area contributed by atoms with Crippen LogP contribution in [0.25, 0.3) is 0 Å². The summed E-state index contributed by atoms with van der Waals surface area (Å²) >= 11 is 0. The predicted octanol–water partition coefficient (Wildman–Crippen LogP) is 3.28. The largest absolute Gasteiger partial charge is 0.497 e. The third kappa shape index (κ3) is 3.77. The number of ether oxygens (including phenoxy) is 3. The van der Waals surface area contributed by atoms with Crippen LogP contribution in [0, 0.1) is 6.92 Å². The maximum Gasteiger partial charge on any atom is 0.161 e. The second-order valence-corrected chi connectivity index (χ2v) is 5.99. The van der Waals surface area contributed by atoms with Crippen molar-refractivity contribution >= 4 is 0 Å². The topological polar surface area (TPSA) is 30.9 Å². The van der Waals surface area contributed by atoms with Gasteiger partial charge in [0.1, 0.15) is 18.5 Å². The molecule has 1 aliphatic rings. The zero-order chi connectivity index (χ0) is 16.2. The van der Waals surface area contributed by atoms with Crippen molar-refractivity contribution < 1.29 is 14.2 Å². The maximum absolute atomic E-state index is 6.02. The van der Waals surface area contributed by atoms with Crippen LogP contribution in [0.4, 0.5) is 0 Å². The van der Waals surface area contributed by atoms with E-state index in [2.05, 4.69) is 31.0 Å². The van der Waals surface area contributed by atoms with E-state index in [1.54, 1.807) is 7.11 Å². The number of benzene rings is 2. The highest BCUT2D eigenvalue weighted by Gasteiger charge is 2.22. The van der Waals surface area contributed by atoms with Crippen LogP contribution in [0.2, 0.25) is 0 Å². The van der Waals surface area contributed by atoms with E-state index in [4.69, 9.17) is 14.2 Å². The van der Waals surface area contributed by atoms with Crippen molar-refractivity contribution in [2.75, 3.05) is 27.3 Å². The Hall–Kier alpha value is -2.20. The highest BCUT2D eigenvalue weighted by molar-refractivity contribution is 5.40. The van der Waals surface area contributed by atoms with Crippen molar-refractivity contribution in [3.8, 4) is 17.2 Å². The van der Waals surface area contributed by atoms with Gasteiger partial charge in [0.05, 0.1) is 7.11 Å². The maximum atomic E-state index is 6.02. The molecule has 4 nitrogen and oxygen atoms in total. The normalized spacial score (nSPS) is 16.4. The van der Waals surface area contributed by atoms with Crippen LogP contribution in [0.5, 0.6) is 17.2 Å². The molecule has 3 rings (SSSR count). The third-order valence-corrected chi connectivity index (χ3v) is 4.07. The molecule has 0 amide bonds. The van der Waals surface area contributed by atoms with E-state index < -0.39 is 0 Å². The van der Waals surface area contributed by atoms with Crippen molar-refractivity contribution in [3.63, 3.8) is 0 Å². The van der Waals surface area contributed by atoms with Crippen LogP contribution in [0.3, 0.4) is 0 Å². The van der Waals surface area contributed by atoms with Gasteiger partial charge in [-0.1, -0.05) is 18.2 Å². The Morgan fingerprint density at radius 3 is 2.70 bits per heavy atom. The molecular formula is C19H23NO3. The second kappa shape index (κ2) is 6.92. The molecule has 2 aromatic rings. The van der Waals surface area contributed by atoms with Gasteiger partial charge in [0.15, 0.2) is 11.5 Å². The van der Waals surface area contributed by atoms with Gasteiger partial charge in [0.2, 0.25) is 0 Å². The number of hydrogen-bond donors (Lipinski definition) is 0. The molecule has 4 heteroatoms. The summed E-state index contributed by atoms with van der Waals surface area (Å²) in [6.45, 7) is 4.39. The molecule has 0 aliphatic carbocycles. The van der Waals surface area contributed by atoms with Gasteiger partial charge in [-0.3, -0.25) is 4.90 Å². The first-order chi connectivity index (χ1) is 11.2. The molecule has 2 aromatic carbocycles. The third-order valence-electron chi connectivity index (χ3n) is 4.07. The van der Waals surface area contributed by atoms with E-state index in [-0.39, 0.29) is 6.10 Å². The molecule has 1 atom stereocenters. The Morgan fingerprint density at radius 2 is 1.96 bits per heavy atom. The Kier molecular flexibility index (Phi) is 4.72.